The Labute approximate surface area is 102 Å². The number of hydrogen-bond acceptors (Lipinski definition) is 0. The third-order valence-corrected chi connectivity index (χ3v) is 2.56. The summed E-state index contributed by atoms with van der Waals surface area (Å²) in [5.74, 6) is 0. The third-order valence-electron chi connectivity index (χ3n) is 0.692. The van der Waals surface area contributed by atoms with E-state index in [0.29, 0.717) is 0 Å². The van der Waals surface area contributed by atoms with E-state index in [1.54, 1.807) is 45.2 Å². The van der Waals surface area contributed by atoms with Crippen LogP contribution in [0, 0.1) is 0 Å². The van der Waals surface area contributed by atoms with E-state index in [9.17, 15) is 8.78 Å². The SMILES string of the molecule is FC(Br)(Br)CCC(F)(I)I. The molecule has 0 aliphatic rings. The van der Waals surface area contributed by atoms with E-state index in [1.807, 2.05) is 0 Å². The van der Waals surface area contributed by atoms with E-state index in [-0.39, 0.29) is 12.8 Å². The molecule has 0 N–H and O–H groups in total. The molecule has 0 aliphatic heterocycles. The highest BCUT2D eigenvalue weighted by molar-refractivity contribution is 14.2. The molecule has 0 aromatic carbocycles. The molecule has 0 unspecified atom stereocenters. The van der Waals surface area contributed by atoms with Gasteiger partial charge in [-0.05, 0) is 77.0 Å². The summed E-state index contributed by atoms with van der Waals surface area (Å²) >= 11 is 8.67. The molecule has 0 aliphatic carbocycles. The minimum absolute atomic E-state index is 0.107. The van der Waals surface area contributed by atoms with E-state index in [1.165, 1.54) is 0 Å². The van der Waals surface area contributed by atoms with Gasteiger partial charge in [0.2, 0.25) is 5.17 Å². The van der Waals surface area contributed by atoms with Crippen LogP contribution >= 0.6 is 77.0 Å². The van der Waals surface area contributed by atoms with Crippen LogP contribution in [0.5, 0.6) is 0 Å². The van der Waals surface area contributed by atoms with Gasteiger partial charge in [0.25, 0.3) is 0 Å². The van der Waals surface area contributed by atoms with E-state index < -0.39 is 5.17 Å². The predicted molar refractivity (Wildman–Crippen MR) is 62.8 cm³/mol. The van der Waals surface area contributed by atoms with Gasteiger partial charge in [0.15, 0.2) is 0 Å². The fraction of sp³-hybridized carbons (Fsp3) is 1.00. The zero-order valence-corrected chi connectivity index (χ0v) is 12.2. The first-order valence-corrected chi connectivity index (χ1v) is 6.08. The van der Waals surface area contributed by atoms with Crippen molar-refractivity contribution < 1.29 is 8.78 Å². The molecule has 6 heteroatoms. The summed E-state index contributed by atoms with van der Waals surface area (Å²) in [7, 11) is 0. The van der Waals surface area contributed by atoms with Gasteiger partial charge in [-0.3, -0.25) is 0 Å². The number of alkyl halides is 6. The van der Waals surface area contributed by atoms with Gasteiger partial charge in [-0.2, -0.15) is 0 Å². The Bertz CT molecular complexity index is 92.8. The molecule has 0 saturated carbocycles. The molecule has 0 atom stereocenters. The molecule has 10 heavy (non-hydrogen) atoms. The van der Waals surface area contributed by atoms with Crippen LogP contribution in [0.1, 0.15) is 12.8 Å². The summed E-state index contributed by atoms with van der Waals surface area (Å²) in [5, 5.41) is 0. The molecular formula is C4H4Br2F2I2. The largest absolute Gasteiger partial charge is 0.221 e. The zero-order valence-electron chi connectivity index (χ0n) is 4.68. The average molecular weight is 504 g/mol. The first-order chi connectivity index (χ1) is 4.21. The van der Waals surface area contributed by atoms with Crippen molar-refractivity contribution in [3.63, 3.8) is 0 Å². The van der Waals surface area contributed by atoms with Crippen LogP contribution in [-0.2, 0) is 0 Å². The summed E-state index contributed by atoms with van der Waals surface area (Å²) in [4.78, 5) is 0. The van der Waals surface area contributed by atoms with Gasteiger partial charge in [-0.1, -0.05) is 0 Å². The Morgan fingerprint density at radius 2 is 1.50 bits per heavy atom. The molecule has 0 nitrogen and oxygen atoms in total. The fourth-order valence-corrected chi connectivity index (χ4v) is 1.22. The maximum absolute atomic E-state index is 12.7. The quantitative estimate of drug-likeness (QED) is 0.388. The Kier molecular flexibility index (Phi) is 5.52. The highest BCUT2D eigenvalue weighted by Crippen LogP contribution is 2.41. The van der Waals surface area contributed by atoms with Crippen molar-refractivity contribution in [1.82, 2.24) is 0 Å². The molecule has 0 radical (unpaired) electrons. The highest BCUT2D eigenvalue weighted by atomic mass is 127. The summed E-state index contributed by atoms with van der Waals surface area (Å²) in [6, 6.07) is 0. The average Bonchev–Trinajstić information content (AvgIpc) is 1.57. The predicted octanol–water partition coefficient (Wildman–Crippen LogP) is 4.67. The highest BCUT2D eigenvalue weighted by Gasteiger charge is 2.28. The molecule has 0 aromatic heterocycles. The standard InChI is InChI=1S/C4H4Br2F2I2/c5-3(6,7)1-2-4(8,9)10/h1-2H2. The van der Waals surface area contributed by atoms with Gasteiger partial charge >= 0.3 is 0 Å². The van der Waals surface area contributed by atoms with Crippen LogP contribution in [-0.4, -0.2) is 5.17 Å². The Morgan fingerprint density at radius 3 is 1.60 bits per heavy atom. The first-order valence-electron chi connectivity index (χ1n) is 2.34. The van der Waals surface area contributed by atoms with Crippen LogP contribution in [0.3, 0.4) is 0 Å². The van der Waals surface area contributed by atoms with E-state index in [0.717, 1.165) is 0 Å². The normalized spacial score (nSPS) is 13.8. The lowest BCUT2D eigenvalue weighted by Gasteiger charge is -2.13. The third kappa shape index (κ3) is 10.3. The first kappa shape index (κ1) is 12.3. The lowest BCUT2D eigenvalue weighted by Crippen LogP contribution is -2.09. The molecule has 0 heterocycles. The van der Waals surface area contributed by atoms with Crippen LogP contribution < -0.4 is 0 Å². The van der Waals surface area contributed by atoms with E-state index in [4.69, 9.17) is 0 Å². The molecular weight excluding hydrogens is 500 g/mol. The van der Waals surface area contributed by atoms with Crippen molar-refractivity contribution in [3.8, 4) is 0 Å². The van der Waals surface area contributed by atoms with Crippen molar-refractivity contribution in [2.24, 2.45) is 0 Å². The second-order valence-corrected chi connectivity index (χ2v) is 10.8. The second-order valence-electron chi connectivity index (χ2n) is 1.73. The molecule has 0 aromatic rings. The smallest absolute Gasteiger partial charge is 0.219 e. The maximum atomic E-state index is 12.7. The molecule has 0 spiro atoms. The maximum Gasteiger partial charge on any atom is 0.219 e. The molecule has 0 fully saturated rings. The van der Waals surface area contributed by atoms with Crippen molar-refractivity contribution in [1.29, 1.82) is 0 Å². The summed E-state index contributed by atoms with van der Waals surface area (Å²) in [5.41, 5.74) is 0. The van der Waals surface area contributed by atoms with Crippen LogP contribution in [0.4, 0.5) is 8.78 Å². The summed E-state index contributed by atoms with van der Waals surface area (Å²) in [6.07, 6.45) is 0.274. The van der Waals surface area contributed by atoms with E-state index in [2.05, 4.69) is 31.9 Å². The van der Waals surface area contributed by atoms with E-state index >= 15 is 0 Å². The van der Waals surface area contributed by atoms with Gasteiger partial charge in [0.05, 0.1) is 0 Å². The fourth-order valence-electron chi connectivity index (χ4n) is 0.283. The van der Waals surface area contributed by atoms with Crippen molar-refractivity contribution in [2.45, 2.75) is 18.0 Å². The Balaban J connectivity index is 3.56. The van der Waals surface area contributed by atoms with Gasteiger partial charge in [-0.25, -0.2) is 8.78 Å². The lowest BCUT2D eigenvalue weighted by atomic mass is 10.4. The van der Waals surface area contributed by atoms with Crippen LogP contribution in [0.25, 0.3) is 0 Å². The van der Waals surface area contributed by atoms with Crippen molar-refractivity contribution >= 4 is 77.0 Å². The monoisotopic (exact) mass is 502 g/mol. The minimum atomic E-state index is -1.62. The number of halogens is 6. The molecule has 62 valence electrons. The van der Waals surface area contributed by atoms with Gasteiger partial charge in [-0.15, -0.1) is 0 Å². The zero-order chi connectivity index (χ0) is 8.41. The number of hydrogen-bond donors (Lipinski definition) is 0. The topological polar surface area (TPSA) is 0 Å². The van der Waals surface area contributed by atoms with Crippen LogP contribution in [0.15, 0.2) is 0 Å². The van der Waals surface area contributed by atoms with Gasteiger partial charge in [0.1, 0.15) is 0 Å². The lowest BCUT2D eigenvalue weighted by molar-refractivity contribution is 0.351. The van der Waals surface area contributed by atoms with Crippen molar-refractivity contribution in [3.05, 3.63) is 0 Å². The summed E-state index contributed by atoms with van der Waals surface area (Å²) in [6.45, 7) is 0. The second kappa shape index (κ2) is 4.50. The Morgan fingerprint density at radius 1 is 1.10 bits per heavy atom. The molecule has 0 saturated heterocycles. The minimum Gasteiger partial charge on any atom is -0.221 e. The number of rotatable bonds is 3. The van der Waals surface area contributed by atoms with Crippen LogP contribution in [0.2, 0.25) is 0 Å². The van der Waals surface area contributed by atoms with Crippen molar-refractivity contribution in [2.75, 3.05) is 0 Å². The summed E-state index contributed by atoms with van der Waals surface area (Å²) < 4.78 is 22.3. The molecule has 0 amide bonds. The molecule has 0 rings (SSSR count). The van der Waals surface area contributed by atoms with Gasteiger partial charge < -0.3 is 0 Å². The van der Waals surface area contributed by atoms with Gasteiger partial charge in [0, 0.05) is 12.8 Å². The molecule has 0 bridgehead atoms. The Hall–Kier alpha value is 2.28.